The van der Waals surface area contributed by atoms with Crippen LogP contribution in [-0.2, 0) is 11.3 Å². The molecule has 1 saturated carbocycles. The SMILES string of the molecule is CC(=O)CC1CCN(C(=O)c2ccc(Cl)c(Cn3ccc4cc(C5CC5)cc(F)c43)c2Cl)CC1. The van der Waals surface area contributed by atoms with E-state index in [2.05, 4.69) is 6.07 Å². The lowest BCUT2D eigenvalue weighted by Crippen LogP contribution is -2.39. The van der Waals surface area contributed by atoms with Crippen LogP contribution in [0.4, 0.5) is 4.39 Å². The number of carbonyl (C=O) groups is 2. The van der Waals surface area contributed by atoms with Crippen LogP contribution < -0.4 is 0 Å². The first-order chi connectivity index (χ1) is 16.3. The summed E-state index contributed by atoms with van der Waals surface area (Å²) in [5.74, 6) is 0.600. The molecule has 7 heteroatoms. The Kier molecular flexibility index (Phi) is 6.43. The molecule has 0 atom stereocenters. The second kappa shape index (κ2) is 9.35. The molecule has 0 spiro atoms. The topological polar surface area (TPSA) is 42.3 Å². The highest BCUT2D eigenvalue weighted by atomic mass is 35.5. The van der Waals surface area contributed by atoms with Gasteiger partial charge in [0.1, 0.15) is 11.6 Å². The molecule has 34 heavy (non-hydrogen) atoms. The number of carbonyl (C=O) groups excluding carboxylic acids is 2. The van der Waals surface area contributed by atoms with Crippen LogP contribution >= 0.6 is 23.2 Å². The molecule has 1 amide bonds. The number of likely N-dealkylation sites (tertiary alicyclic amines) is 1. The van der Waals surface area contributed by atoms with Gasteiger partial charge < -0.3 is 14.3 Å². The zero-order valence-electron chi connectivity index (χ0n) is 19.1. The van der Waals surface area contributed by atoms with Crippen LogP contribution in [0, 0.1) is 11.7 Å². The number of hydrogen-bond acceptors (Lipinski definition) is 2. The second-order valence-electron chi connectivity index (χ2n) is 9.69. The first-order valence-corrected chi connectivity index (χ1v) is 12.6. The molecule has 1 aliphatic carbocycles. The van der Waals surface area contributed by atoms with E-state index in [0.29, 0.717) is 58.0 Å². The zero-order valence-corrected chi connectivity index (χ0v) is 20.6. The van der Waals surface area contributed by atoms with E-state index >= 15 is 4.39 Å². The average Bonchev–Trinajstić information content (AvgIpc) is 3.57. The number of fused-ring (bicyclic) bond motifs is 1. The van der Waals surface area contributed by atoms with Gasteiger partial charge in [-0.3, -0.25) is 4.79 Å². The van der Waals surface area contributed by atoms with Gasteiger partial charge >= 0.3 is 0 Å². The standard InChI is InChI=1S/C27H27Cl2FN2O2/c1-16(33)12-17-6-9-31(10-7-17)27(34)21-4-5-23(28)22(25(21)29)15-32-11-8-19-13-20(18-2-3-18)14-24(30)26(19)32/h4-5,8,11,13-14,17-18H,2-3,6-7,9-10,12,15H2,1H3. The van der Waals surface area contributed by atoms with Crippen LogP contribution in [0.2, 0.25) is 10.0 Å². The van der Waals surface area contributed by atoms with Crippen molar-refractivity contribution in [3.8, 4) is 0 Å². The van der Waals surface area contributed by atoms with Gasteiger partial charge in [0.25, 0.3) is 5.91 Å². The van der Waals surface area contributed by atoms with Crippen molar-refractivity contribution in [1.82, 2.24) is 9.47 Å². The van der Waals surface area contributed by atoms with Crippen molar-refractivity contribution in [2.24, 2.45) is 5.92 Å². The van der Waals surface area contributed by atoms with Gasteiger partial charge in [-0.1, -0.05) is 23.2 Å². The molecule has 0 N–H and O–H groups in total. The molecule has 2 aliphatic rings. The molecule has 0 unspecified atom stereocenters. The number of benzene rings is 2. The summed E-state index contributed by atoms with van der Waals surface area (Å²) in [6.45, 7) is 3.07. The Morgan fingerprint density at radius 3 is 2.47 bits per heavy atom. The third kappa shape index (κ3) is 4.60. The summed E-state index contributed by atoms with van der Waals surface area (Å²) in [4.78, 5) is 26.5. The van der Waals surface area contributed by atoms with Crippen LogP contribution in [0.3, 0.4) is 0 Å². The minimum atomic E-state index is -0.252. The van der Waals surface area contributed by atoms with Gasteiger partial charge in [0, 0.05) is 41.7 Å². The molecule has 0 radical (unpaired) electrons. The predicted octanol–water partition coefficient (Wildman–Crippen LogP) is 6.84. The Morgan fingerprint density at radius 1 is 1.06 bits per heavy atom. The second-order valence-corrected chi connectivity index (χ2v) is 10.5. The van der Waals surface area contributed by atoms with E-state index < -0.39 is 0 Å². The highest BCUT2D eigenvalue weighted by molar-refractivity contribution is 6.38. The van der Waals surface area contributed by atoms with Gasteiger partial charge in [-0.15, -0.1) is 0 Å². The van der Waals surface area contributed by atoms with E-state index in [1.54, 1.807) is 34.6 Å². The Bertz CT molecular complexity index is 1270. The lowest BCUT2D eigenvalue weighted by Gasteiger charge is -2.32. The quantitative estimate of drug-likeness (QED) is 0.371. The fourth-order valence-corrected chi connectivity index (χ4v) is 5.67. The molecule has 0 bridgehead atoms. The molecule has 3 aromatic rings. The molecule has 2 heterocycles. The number of amides is 1. The summed E-state index contributed by atoms with van der Waals surface area (Å²) in [5, 5.41) is 1.61. The maximum Gasteiger partial charge on any atom is 0.255 e. The number of ketones is 1. The summed E-state index contributed by atoms with van der Waals surface area (Å²) in [6.07, 6.45) is 6.25. The van der Waals surface area contributed by atoms with Crippen molar-refractivity contribution < 1.29 is 14.0 Å². The third-order valence-electron chi connectivity index (χ3n) is 7.11. The predicted molar refractivity (Wildman–Crippen MR) is 133 cm³/mol. The van der Waals surface area contributed by atoms with Gasteiger partial charge in [0.2, 0.25) is 0 Å². The van der Waals surface area contributed by atoms with Crippen LogP contribution in [0.25, 0.3) is 10.9 Å². The fourth-order valence-electron chi connectivity index (χ4n) is 5.10. The van der Waals surface area contributed by atoms with Crippen molar-refractivity contribution in [3.63, 3.8) is 0 Å². The Labute approximate surface area is 208 Å². The zero-order chi connectivity index (χ0) is 24.0. The average molecular weight is 501 g/mol. The van der Waals surface area contributed by atoms with Crippen molar-refractivity contribution in [2.75, 3.05) is 13.1 Å². The van der Waals surface area contributed by atoms with E-state index in [1.165, 1.54) is 0 Å². The van der Waals surface area contributed by atoms with Gasteiger partial charge in [0.05, 0.1) is 22.6 Å². The lowest BCUT2D eigenvalue weighted by atomic mass is 9.91. The van der Waals surface area contributed by atoms with E-state index in [1.807, 2.05) is 12.3 Å². The molecule has 1 saturated heterocycles. The molecule has 5 rings (SSSR count). The third-order valence-corrected chi connectivity index (χ3v) is 7.89. The largest absolute Gasteiger partial charge is 0.341 e. The van der Waals surface area contributed by atoms with Gasteiger partial charge in [-0.2, -0.15) is 0 Å². The van der Waals surface area contributed by atoms with Gasteiger partial charge in [-0.05, 0) is 80.3 Å². The van der Waals surface area contributed by atoms with Gasteiger partial charge in [0.15, 0.2) is 0 Å². The number of piperidine rings is 1. The number of rotatable bonds is 6. The van der Waals surface area contributed by atoms with E-state index in [-0.39, 0.29) is 24.1 Å². The smallest absolute Gasteiger partial charge is 0.255 e. The summed E-state index contributed by atoms with van der Waals surface area (Å²) in [6, 6.07) is 8.95. The normalized spacial score (nSPS) is 16.9. The fraction of sp³-hybridized carbons (Fsp3) is 0.407. The Hall–Kier alpha value is -2.37. The minimum absolute atomic E-state index is 0.137. The molecule has 1 aromatic heterocycles. The summed E-state index contributed by atoms with van der Waals surface area (Å²) in [7, 11) is 0. The van der Waals surface area contributed by atoms with Crippen LogP contribution in [0.15, 0.2) is 36.5 Å². The van der Waals surface area contributed by atoms with Crippen LogP contribution in [-0.4, -0.2) is 34.2 Å². The van der Waals surface area contributed by atoms with E-state index in [9.17, 15) is 9.59 Å². The molecule has 1 aliphatic heterocycles. The molecule has 178 valence electrons. The van der Waals surface area contributed by atoms with Crippen molar-refractivity contribution in [2.45, 2.75) is 51.5 Å². The Morgan fingerprint density at radius 2 is 1.79 bits per heavy atom. The molecule has 2 aromatic carbocycles. The van der Waals surface area contributed by atoms with Crippen molar-refractivity contribution in [1.29, 1.82) is 0 Å². The van der Waals surface area contributed by atoms with E-state index in [0.717, 1.165) is 36.6 Å². The maximum absolute atomic E-state index is 15.0. The first kappa shape index (κ1) is 23.4. The number of halogens is 3. The number of nitrogens with zero attached hydrogens (tertiary/aromatic N) is 2. The molecular weight excluding hydrogens is 474 g/mol. The lowest BCUT2D eigenvalue weighted by molar-refractivity contribution is -0.118. The highest BCUT2D eigenvalue weighted by Crippen LogP contribution is 2.42. The summed E-state index contributed by atoms with van der Waals surface area (Å²) >= 11 is 13.2. The number of aromatic nitrogens is 1. The maximum atomic E-state index is 15.0. The van der Waals surface area contributed by atoms with Crippen molar-refractivity contribution >= 4 is 45.8 Å². The molecular formula is C27H27Cl2FN2O2. The molecule has 2 fully saturated rings. The molecule has 4 nitrogen and oxygen atoms in total. The Balaban J connectivity index is 1.39. The van der Waals surface area contributed by atoms with Crippen LogP contribution in [0.5, 0.6) is 0 Å². The highest BCUT2D eigenvalue weighted by Gasteiger charge is 2.28. The monoisotopic (exact) mass is 500 g/mol. The number of Topliss-reactive ketones (excluding diaryl/α,β-unsaturated/α-hetero) is 1. The number of hydrogen-bond donors (Lipinski definition) is 0. The minimum Gasteiger partial charge on any atom is -0.341 e. The van der Waals surface area contributed by atoms with Gasteiger partial charge in [-0.25, -0.2) is 4.39 Å². The summed E-state index contributed by atoms with van der Waals surface area (Å²) < 4.78 is 16.8. The van der Waals surface area contributed by atoms with Crippen molar-refractivity contribution in [3.05, 3.63) is 69.1 Å². The first-order valence-electron chi connectivity index (χ1n) is 11.9. The van der Waals surface area contributed by atoms with E-state index in [4.69, 9.17) is 23.2 Å². The van der Waals surface area contributed by atoms with Crippen LogP contribution in [0.1, 0.15) is 66.4 Å². The summed E-state index contributed by atoms with van der Waals surface area (Å²) in [5.41, 5.74) is 2.57.